The van der Waals surface area contributed by atoms with Gasteiger partial charge < -0.3 is 5.32 Å². The van der Waals surface area contributed by atoms with Gasteiger partial charge in [-0.1, -0.05) is 50.7 Å². The lowest BCUT2D eigenvalue weighted by Gasteiger charge is -2.35. The van der Waals surface area contributed by atoms with Crippen LogP contribution in [0.3, 0.4) is 0 Å². The second-order valence-electron chi connectivity index (χ2n) is 8.92. The van der Waals surface area contributed by atoms with E-state index in [4.69, 9.17) is 4.98 Å². The van der Waals surface area contributed by atoms with Gasteiger partial charge in [0.25, 0.3) is 0 Å². The Morgan fingerprint density at radius 3 is 2.52 bits per heavy atom. The number of thiophene rings is 1. The Bertz CT molecular complexity index is 959. The molecule has 6 heteroatoms. The van der Waals surface area contributed by atoms with Gasteiger partial charge >= 0.3 is 0 Å². The molecule has 0 aliphatic rings. The molecule has 0 amide bonds. The number of hydrogen-bond acceptors (Lipinski definition) is 6. The van der Waals surface area contributed by atoms with Crippen molar-refractivity contribution in [1.82, 2.24) is 10.3 Å². The average Bonchev–Trinajstić information content (AvgIpc) is 3.27. The zero-order valence-corrected chi connectivity index (χ0v) is 20.2. The highest BCUT2D eigenvalue weighted by molar-refractivity contribution is 8.02. The molecule has 0 radical (unpaired) electrons. The first-order chi connectivity index (χ1) is 13.7. The number of fused-ring (bicyclic) bond motifs is 1. The van der Waals surface area contributed by atoms with Gasteiger partial charge in [0.2, 0.25) is 0 Å². The Morgan fingerprint density at radius 2 is 1.90 bits per heavy atom. The lowest BCUT2D eigenvalue weighted by molar-refractivity contribution is 0.259. The lowest BCUT2D eigenvalue weighted by Crippen LogP contribution is -2.41. The van der Waals surface area contributed by atoms with Crippen molar-refractivity contribution in [1.29, 1.82) is 0 Å². The summed E-state index contributed by atoms with van der Waals surface area (Å²) in [5.74, 6) is 0.803. The van der Waals surface area contributed by atoms with Crippen molar-refractivity contribution in [2.24, 2.45) is 10.4 Å². The van der Waals surface area contributed by atoms with Gasteiger partial charge in [-0.05, 0) is 56.0 Å². The summed E-state index contributed by atoms with van der Waals surface area (Å²) < 4.78 is 1.23. The molecule has 3 aromatic rings. The third-order valence-electron chi connectivity index (χ3n) is 4.23. The number of aliphatic imine (C=N–C) groups is 1. The van der Waals surface area contributed by atoms with Crippen LogP contribution < -0.4 is 5.32 Å². The fraction of sp³-hybridized carbons (Fsp3) is 0.391. The van der Waals surface area contributed by atoms with Crippen molar-refractivity contribution >= 4 is 57.1 Å². The highest BCUT2D eigenvalue weighted by atomic mass is 32.2. The molecule has 1 aromatic carbocycles. The van der Waals surface area contributed by atoms with Crippen molar-refractivity contribution in [3.63, 3.8) is 0 Å². The molecule has 0 saturated carbocycles. The summed E-state index contributed by atoms with van der Waals surface area (Å²) in [6, 6.07) is 12.5. The largest absolute Gasteiger partial charge is 0.373 e. The van der Waals surface area contributed by atoms with Gasteiger partial charge in [-0.2, -0.15) is 0 Å². The van der Waals surface area contributed by atoms with Gasteiger partial charge in [0.1, 0.15) is 10.7 Å². The first-order valence-electron chi connectivity index (χ1n) is 9.67. The van der Waals surface area contributed by atoms with E-state index in [2.05, 4.69) is 87.4 Å². The Labute approximate surface area is 186 Å². The van der Waals surface area contributed by atoms with E-state index in [0.29, 0.717) is 0 Å². The second kappa shape index (κ2) is 9.02. The summed E-state index contributed by atoms with van der Waals surface area (Å²) in [5, 5.41) is 8.06. The van der Waals surface area contributed by atoms with Crippen LogP contribution in [0, 0.1) is 5.41 Å². The van der Waals surface area contributed by atoms with E-state index in [1.54, 1.807) is 34.4 Å². The quantitative estimate of drug-likeness (QED) is 0.368. The van der Waals surface area contributed by atoms with Crippen LogP contribution in [-0.4, -0.2) is 17.2 Å². The van der Waals surface area contributed by atoms with Gasteiger partial charge in [-0.25, -0.2) is 4.98 Å². The molecule has 3 rings (SSSR count). The SMILES string of the molecule is C=N/C(=C(/NC(C)(C)CC(C)(C)C)SCc1nc2ccccc2s1)c1cccs1. The highest BCUT2D eigenvalue weighted by Crippen LogP contribution is 2.36. The number of aromatic nitrogens is 1. The molecule has 3 nitrogen and oxygen atoms in total. The third kappa shape index (κ3) is 6.17. The van der Waals surface area contributed by atoms with Crippen molar-refractivity contribution in [3.8, 4) is 0 Å². The number of para-hydroxylation sites is 1. The summed E-state index contributed by atoms with van der Waals surface area (Å²) in [4.78, 5) is 10.3. The summed E-state index contributed by atoms with van der Waals surface area (Å²) in [6.07, 6.45) is 1.04. The van der Waals surface area contributed by atoms with Gasteiger partial charge in [-0.15, -0.1) is 22.7 Å². The molecule has 0 unspecified atom stereocenters. The number of rotatable bonds is 8. The van der Waals surface area contributed by atoms with Crippen LogP contribution in [0.1, 0.15) is 50.9 Å². The Kier molecular flexibility index (Phi) is 6.87. The molecule has 0 aliphatic heterocycles. The number of thiazole rings is 1. The van der Waals surface area contributed by atoms with Gasteiger partial charge in [0.05, 0.1) is 25.9 Å². The predicted molar refractivity (Wildman–Crippen MR) is 133 cm³/mol. The molecule has 0 aliphatic carbocycles. The number of benzene rings is 1. The molecule has 0 spiro atoms. The van der Waals surface area contributed by atoms with E-state index >= 15 is 0 Å². The normalized spacial score (nSPS) is 13.4. The summed E-state index contributed by atoms with van der Waals surface area (Å²) in [7, 11) is 0. The summed E-state index contributed by atoms with van der Waals surface area (Å²) in [6.45, 7) is 15.2. The maximum Gasteiger partial charge on any atom is 0.109 e. The third-order valence-corrected chi connectivity index (χ3v) is 7.33. The molecule has 29 heavy (non-hydrogen) atoms. The molecule has 0 fully saturated rings. The van der Waals surface area contributed by atoms with Gasteiger partial charge in [-0.3, -0.25) is 4.99 Å². The second-order valence-corrected chi connectivity index (χ2v) is 12.0. The van der Waals surface area contributed by atoms with Crippen molar-refractivity contribution in [3.05, 3.63) is 56.7 Å². The molecule has 1 N–H and O–H groups in total. The predicted octanol–water partition coefficient (Wildman–Crippen LogP) is 7.42. The minimum absolute atomic E-state index is 0.0681. The fourth-order valence-corrected chi connectivity index (χ4v) is 6.60. The highest BCUT2D eigenvalue weighted by Gasteiger charge is 2.27. The van der Waals surface area contributed by atoms with Crippen LogP contribution in [0.25, 0.3) is 15.9 Å². The van der Waals surface area contributed by atoms with E-state index in [1.165, 1.54) is 4.70 Å². The fourth-order valence-electron chi connectivity index (χ4n) is 3.63. The number of nitrogens with one attached hydrogen (secondary N) is 1. The minimum atomic E-state index is -0.0681. The van der Waals surface area contributed by atoms with Crippen LogP contribution in [0.5, 0.6) is 0 Å². The standard InChI is InChI=1S/C23H29N3S3/c1-22(2,3)15-23(4,5)26-21(20(24-6)18-12-9-13-27-18)28-14-19-25-16-10-7-8-11-17(16)29-19/h7-13,26H,6,14-15H2,1-5H3/b21-20-. The van der Waals surface area contributed by atoms with E-state index in [9.17, 15) is 0 Å². The maximum absolute atomic E-state index is 4.79. The van der Waals surface area contributed by atoms with Gasteiger partial charge in [0, 0.05) is 5.54 Å². The van der Waals surface area contributed by atoms with Crippen LogP contribution >= 0.6 is 34.4 Å². The lowest BCUT2D eigenvalue weighted by atomic mass is 9.82. The number of hydrogen-bond donors (Lipinski definition) is 1. The Morgan fingerprint density at radius 1 is 1.14 bits per heavy atom. The monoisotopic (exact) mass is 443 g/mol. The zero-order valence-electron chi connectivity index (χ0n) is 17.8. The molecule has 2 aromatic heterocycles. The average molecular weight is 444 g/mol. The van der Waals surface area contributed by atoms with E-state index < -0.39 is 0 Å². The number of nitrogens with zero attached hydrogens (tertiary/aromatic N) is 2. The van der Waals surface area contributed by atoms with Crippen molar-refractivity contribution in [2.45, 2.75) is 52.3 Å². The van der Waals surface area contributed by atoms with Crippen molar-refractivity contribution in [2.75, 3.05) is 0 Å². The first kappa shape index (κ1) is 22.1. The van der Waals surface area contributed by atoms with E-state index in [0.717, 1.165) is 38.3 Å². The molecule has 154 valence electrons. The summed E-state index contributed by atoms with van der Waals surface area (Å²) >= 11 is 5.21. The Balaban J connectivity index is 1.89. The number of thioether (sulfide) groups is 1. The topological polar surface area (TPSA) is 37.3 Å². The zero-order chi connectivity index (χ0) is 21.1. The maximum atomic E-state index is 4.79. The van der Waals surface area contributed by atoms with Crippen LogP contribution in [0.15, 0.2) is 51.8 Å². The molecule has 0 saturated heterocycles. The molecule has 2 heterocycles. The van der Waals surface area contributed by atoms with E-state index in [-0.39, 0.29) is 11.0 Å². The van der Waals surface area contributed by atoms with E-state index in [1.807, 2.05) is 6.07 Å². The van der Waals surface area contributed by atoms with Crippen molar-refractivity contribution < 1.29 is 0 Å². The van der Waals surface area contributed by atoms with Crippen LogP contribution in [-0.2, 0) is 5.75 Å². The summed E-state index contributed by atoms with van der Waals surface area (Å²) in [5.41, 5.74) is 2.15. The molecule has 0 atom stereocenters. The minimum Gasteiger partial charge on any atom is -0.373 e. The Hall–Kier alpha value is -1.63. The van der Waals surface area contributed by atoms with Crippen LogP contribution in [0.4, 0.5) is 0 Å². The van der Waals surface area contributed by atoms with Crippen LogP contribution in [0.2, 0.25) is 0 Å². The first-order valence-corrected chi connectivity index (χ1v) is 12.4. The smallest absolute Gasteiger partial charge is 0.109 e. The van der Waals surface area contributed by atoms with Gasteiger partial charge in [0.15, 0.2) is 0 Å². The molecular weight excluding hydrogens is 414 g/mol. The molecular formula is C23H29N3S3. The molecule has 0 bridgehead atoms.